The smallest absolute Gasteiger partial charge is 0.320 e. The second-order valence-corrected chi connectivity index (χ2v) is 6.64. The zero-order valence-corrected chi connectivity index (χ0v) is 12.6. The van der Waals surface area contributed by atoms with Crippen molar-refractivity contribution in [1.29, 1.82) is 0 Å². The fourth-order valence-electron chi connectivity index (χ4n) is 2.32. The van der Waals surface area contributed by atoms with E-state index in [0.717, 1.165) is 19.3 Å². The number of nitrogens with one attached hydrogen (secondary N) is 1. The van der Waals surface area contributed by atoms with Gasteiger partial charge in [0.05, 0.1) is 0 Å². The Kier molecular flexibility index (Phi) is 5.36. The summed E-state index contributed by atoms with van der Waals surface area (Å²) in [6.45, 7) is 8.53. The summed E-state index contributed by atoms with van der Waals surface area (Å²) in [7, 11) is 0. The molecule has 0 aromatic rings. The van der Waals surface area contributed by atoms with Gasteiger partial charge in [0.15, 0.2) is 0 Å². The minimum atomic E-state index is -0.750. The molecule has 2 atom stereocenters. The molecule has 3 nitrogen and oxygen atoms in total. The van der Waals surface area contributed by atoms with Gasteiger partial charge in [-0.15, -0.1) is 0 Å². The Bertz CT molecular complexity index is 365. The Morgan fingerprint density at radius 1 is 1.42 bits per heavy atom. The van der Waals surface area contributed by atoms with E-state index in [1.54, 1.807) is 0 Å². The van der Waals surface area contributed by atoms with E-state index in [9.17, 15) is 9.90 Å². The van der Waals surface area contributed by atoms with Gasteiger partial charge < -0.3 is 5.11 Å². The molecule has 1 aliphatic carbocycles. The Morgan fingerprint density at radius 2 is 2.11 bits per heavy atom. The Balaban J connectivity index is 2.69. The first kappa shape index (κ1) is 16.0. The molecule has 0 radical (unpaired) electrons. The number of carboxylic acid groups (broad SMARTS) is 1. The molecule has 1 unspecified atom stereocenters. The van der Waals surface area contributed by atoms with Crippen molar-refractivity contribution < 1.29 is 9.90 Å². The maximum absolute atomic E-state index is 11.4. The molecule has 0 aromatic carbocycles. The largest absolute Gasteiger partial charge is 0.480 e. The summed E-state index contributed by atoms with van der Waals surface area (Å²) in [5.74, 6) is -0.750. The van der Waals surface area contributed by atoms with E-state index in [1.165, 1.54) is 0 Å². The second-order valence-electron chi connectivity index (χ2n) is 6.64. The van der Waals surface area contributed by atoms with Crippen molar-refractivity contribution in [3.8, 4) is 0 Å². The molecule has 0 aliphatic heterocycles. The van der Waals surface area contributed by atoms with Crippen LogP contribution >= 0.6 is 0 Å². The zero-order chi connectivity index (χ0) is 14.5. The number of rotatable bonds is 6. The molecule has 0 saturated carbocycles. The summed E-state index contributed by atoms with van der Waals surface area (Å²) in [5.41, 5.74) is -0.0350. The van der Waals surface area contributed by atoms with Crippen molar-refractivity contribution in [2.45, 2.75) is 65.0 Å². The molecule has 0 saturated heterocycles. The molecule has 1 aliphatic rings. The minimum absolute atomic E-state index is 0.164. The second kappa shape index (κ2) is 6.38. The van der Waals surface area contributed by atoms with Crippen LogP contribution in [0.25, 0.3) is 0 Å². The molecule has 3 heteroatoms. The predicted molar refractivity (Wildman–Crippen MR) is 79.2 cm³/mol. The molecule has 0 bridgehead atoms. The van der Waals surface area contributed by atoms with Crippen LogP contribution in [0, 0.1) is 5.41 Å². The highest BCUT2D eigenvalue weighted by Gasteiger charge is 2.31. The summed E-state index contributed by atoms with van der Waals surface area (Å²) in [6.07, 6.45) is 11.5. The van der Waals surface area contributed by atoms with Crippen LogP contribution in [0.4, 0.5) is 0 Å². The van der Waals surface area contributed by atoms with Gasteiger partial charge in [0.1, 0.15) is 6.04 Å². The number of hydrogen-bond acceptors (Lipinski definition) is 2. The Hall–Kier alpha value is -1.09. The minimum Gasteiger partial charge on any atom is -0.480 e. The number of hydrogen-bond donors (Lipinski definition) is 2. The Morgan fingerprint density at radius 3 is 2.53 bits per heavy atom. The zero-order valence-electron chi connectivity index (χ0n) is 12.6. The molecule has 0 amide bonds. The maximum atomic E-state index is 11.4. The Labute approximate surface area is 116 Å². The first-order chi connectivity index (χ1) is 8.78. The van der Waals surface area contributed by atoms with Crippen molar-refractivity contribution in [3.05, 3.63) is 24.3 Å². The van der Waals surface area contributed by atoms with Gasteiger partial charge >= 0.3 is 5.97 Å². The SMILES string of the molecule is CC[C@@]1(NC(CCC(C)(C)C)C(=O)O)C=CC=CC1. The molecule has 0 fully saturated rings. The molecule has 2 N–H and O–H groups in total. The van der Waals surface area contributed by atoms with Crippen LogP contribution in [-0.4, -0.2) is 22.7 Å². The lowest BCUT2D eigenvalue weighted by atomic mass is 9.85. The average molecular weight is 265 g/mol. The third-order valence-corrected chi connectivity index (χ3v) is 3.72. The standard InChI is InChI=1S/C16H27NO2/c1-5-16(10-7-6-8-11-16)17-13(14(18)19)9-12-15(2,3)4/h6-8,10,13,17H,5,9,11-12H2,1-4H3,(H,18,19)/t13?,16-/m1/s1. The normalized spacial score (nSPS) is 24.4. The lowest BCUT2D eigenvalue weighted by Crippen LogP contribution is -2.52. The number of aliphatic carboxylic acids is 1. The van der Waals surface area contributed by atoms with Crippen LogP contribution in [0.15, 0.2) is 24.3 Å². The number of carboxylic acids is 1. The van der Waals surface area contributed by atoms with Gasteiger partial charge in [0.2, 0.25) is 0 Å². The van der Waals surface area contributed by atoms with Gasteiger partial charge in [-0.25, -0.2) is 0 Å². The van der Waals surface area contributed by atoms with E-state index in [1.807, 2.05) is 12.2 Å². The van der Waals surface area contributed by atoms with E-state index >= 15 is 0 Å². The fourth-order valence-corrected chi connectivity index (χ4v) is 2.32. The highest BCUT2D eigenvalue weighted by atomic mass is 16.4. The average Bonchev–Trinajstić information content (AvgIpc) is 2.34. The summed E-state index contributed by atoms with van der Waals surface area (Å²) >= 11 is 0. The van der Waals surface area contributed by atoms with E-state index in [0.29, 0.717) is 6.42 Å². The predicted octanol–water partition coefficient (Wildman–Crippen LogP) is 3.52. The summed E-state index contributed by atoms with van der Waals surface area (Å²) in [6, 6.07) is -0.477. The molecule has 19 heavy (non-hydrogen) atoms. The van der Waals surface area contributed by atoms with Gasteiger partial charge in [0, 0.05) is 5.54 Å². The van der Waals surface area contributed by atoms with Crippen LogP contribution in [0.2, 0.25) is 0 Å². The monoisotopic (exact) mass is 265 g/mol. The summed E-state index contributed by atoms with van der Waals surface area (Å²) < 4.78 is 0. The van der Waals surface area contributed by atoms with E-state index in [2.05, 4.69) is 45.2 Å². The molecule has 0 aromatic heterocycles. The van der Waals surface area contributed by atoms with Crippen molar-refractivity contribution in [2.24, 2.45) is 5.41 Å². The van der Waals surface area contributed by atoms with Gasteiger partial charge in [0.25, 0.3) is 0 Å². The van der Waals surface area contributed by atoms with Crippen LogP contribution in [-0.2, 0) is 4.79 Å². The third kappa shape index (κ3) is 5.19. The molecular formula is C16H27NO2. The third-order valence-electron chi connectivity index (χ3n) is 3.72. The highest BCUT2D eigenvalue weighted by molar-refractivity contribution is 5.73. The van der Waals surface area contributed by atoms with Crippen molar-refractivity contribution in [3.63, 3.8) is 0 Å². The van der Waals surface area contributed by atoms with Crippen LogP contribution in [0.1, 0.15) is 53.4 Å². The first-order valence-electron chi connectivity index (χ1n) is 7.13. The van der Waals surface area contributed by atoms with E-state index in [4.69, 9.17) is 0 Å². The molecular weight excluding hydrogens is 238 g/mol. The summed E-state index contributed by atoms with van der Waals surface area (Å²) in [4.78, 5) is 11.4. The van der Waals surface area contributed by atoms with E-state index < -0.39 is 12.0 Å². The van der Waals surface area contributed by atoms with Gasteiger partial charge in [-0.2, -0.15) is 0 Å². The number of carbonyl (C=O) groups is 1. The van der Waals surface area contributed by atoms with Gasteiger partial charge in [-0.3, -0.25) is 10.1 Å². The maximum Gasteiger partial charge on any atom is 0.320 e. The fraction of sp³-hybridized carbons (Fsp3) is 0.688. The van der Waals surface area contributed by atoms with Crippen molar-refractivity contribution >= 4 is 5.97 Å². The van der Waals surface area contributed by atoms with Crippen molar-refractivity contribution in [1.82, 2.24) is 5.32 Å². The molecule has 1 rings (SSSR count). The van der Waals surface area contributed by atoms with Gasteiger partial charge in [-0.05, 0) is 31.1 Å². The molecule has 108 valence electrons. The topological polar surface area (TPSA) is 49.3 Å². The number of allylic oxidation sites excluding steroid dienone is 2. The highest BCUT2D eigenvalue weighted by Crippen LogP contribution is 2.26. The quantitative estimate of drug-likeness (QED) is 0.772. The van der Waals surface area contributed by atoms with Crippen LogP contribution in [0.3, 0.4) is 0 Å². The van der Waals surface area contributed by atoms with E-state index in [-0.39, 0.29) is 11.0 Å². The van der Waals surface area contributed by atoms with Crippen LogP contribution in [0.5, 0.6) is 0 Å². The first-order valence-corrected chi connectivity index (χ1v) is 7.13. The lowest BCUT2D eigenvalue weighted by Gasteiger charge is -2.35. The van der Waals surface area contributed by atoms with Crippen LogP contribution < -0.4 is 5.32 Å². The summed E-state index contributed by atoms with van der Waals surface area (Å²) in [5, 5.41) is 12.8. The lowest BCUT2D eigenvalue weighted by molar-refractivity contribution is -0.140. The van der Waals surface area contributed by atoms with Crippen molar-refractivity contribution in [2.75, 3.05) is 0 Å². The molecule has 0 heterocycles. The van der Waals surface area contributed by atoms with Gasteiger partial charge in [-0.1, -0.05) is 52.0 Å². The molecule has 0 spiro atoms.